The number of azo groups is 1. The standard InChI is InChI=1S/C28H26FN7O3S/c29-19-7-5-16(11-21(19)33-28(39)24-12-17-3-1-2-4-23(17)40-24)20-13-22(27(38)35-34-20)32-25-8-6-18(14-31-25)36-10-9-30-15-26(36)37/h5-8,11-14,22,30H,1-4,9-10,15H2,(H,31,32)(H,33,39). The zero-order chi connectivity index (χ0) is 27.6. The number of aryl methyl sites for hydroxylation is 2. The van der Waals surface area contributed by atoms with Crippen molar-refractivity contribution in [3.8, 4) is 0 Å². The van der Waals surface area contributed by atoms with Crippen LogP contribution in [0.15, 0.2) is 58.9 Å². The molecule has 0 bridgehead atoms. The van der Waals surface area contributed by atoms with E-state index in [0.717, 1.165) is 25.7 Å². The first kappa shape index (κ1) is 26.0. The van der Waals surface area contributed by atoms with Gasteiger partial charge in [0, 0.05) is 23.5 Å². The number of amides is 3. The van der Waals surface area contributed by atoms with Crippen molar-refractivity contribution in [2.45, 2.75) is 31.7 Å². The van der Waals surface area contributed by atoms with E-state index in [4.69, 9.17) is 0 Å². The molecule has 40 heavy (non-hydrogen) atoms. The zero-order valence-electron chi connectivity index (χ0n) is 21.4. The number of hydrogen-bond donors (Lipinski definition) is 3. The van der Waals surface area contributed by atoms with E-state index in [0.29, 0.717) is 40.7 Å². The Bertz CT molecular complexity index is 1530. The summed E-state index contributed by atoms with van der Waals surface area (Å²) in [5, 5.41) is 16.5. The van der Waals surface area contributed by atoms with Gasteiger partial charge >= 0.3 is 0 Å². The Labute approximate surface area is 233 Å². The number of nitrogens with one attached hydrogen (secondary N) is 3. The molecule has 1 saturated heterocycles. The van der Waals surface area contributed by atoms with E-state index >= 15 is 0 Å². The smallest absolute Gasteiger partial charge is 0.290 e. The zero-order valence-corrected chi connectivity index (χ0v) is 22.3. The molecular weight excluding hydrogens is 533 g/mol. The molecule has 1 unspecified atom stereocenters. The number of halogens is 1. The van der Waals surface area contributed by atoms with Crippen LogP contribution in [0.1, 0.15) is 38.5 Å². The molecule has 3 N–H and O–H groups in total. The summed E-state index contributed by atoms with van der Waals surface area (Å²) in [6.07, 6.45) is 7.32. The fourth-order valence-corrected chi connectivity index (χ4v) is 6.07. The van der Waals surface area contributed by atoms with Gasteiger partial charge in [-0.15, -0.1) is 21.6 Å². The molecule has 1 fully saturated rings. The highest BCUT2D eigenvalue weighted by Gasteiger charge is 2.24. The maximum atomic E-state index is 14.7. The van der Waals surface area contributed by atoms with Gasteiger partial charge in [-0.05, 0) is 73.7 Å². The molecule has 1 atom stereocenters. The van der Waals surface area contributed by atoms with Crippen molar-refractivity contribution in [3.63, 3.8) is 0 Å². The fourth-order valence-electron chi connectivity index (χ4n) is 4.92. The van der Waals surface area contributed by atoms with Gasteiger partial charge in [0.05, 0.1) is 34.7 Å². The molecule has 204 valence electrons. The summed E-state index contributed by atoms with van der Waals surface area (Å²) in [6, 6.07) is 8.74. The lowest BCUT2D eigenvalue weighted by Crippen LogP contribution is -2.48. The largest absolute Gasteiger partial charge is 0.355 e. The lowest BCUT2D eigenvalue weighted by Gasteiger charge is -2.27. The van der Waals surface area contributed by atoms with Crippen LogP contribution in [0.25, 0.3) is 5.70 Å². The number of piperazine rings is 1. The number of carbonyl (C=O) groups is 3. The van der Waals surface area contributed by atoms with E-state index < -0.39 is 17.8 Å². The van der Waals surface area contributed by atoms with Crippen molar-refractivity contribution < 1.29 is 18.8 Å². The molecule has 2 aliphatic heterocycles. The van der Waals surface area contributed by atoms with Crippen LogP contribution in [-0.2, 0) is 22.4 Å². The SMILES string of the molecule is O=C(Nc1cc(C2=CC(Nc3ccc(N4CCNCC4=O)cn3)C(=O)N=N2)ccc1F)c1cc2c(s1)CCCC2. The number of rotatable bonds is 6. The second kappa shape index (κ2) is 11.1. The molecule has 2 aromatic heterocycles. The average Bonchev–Trinajstić information content (AvgIpc) is 3.41. The normalized spacial score (nSPS) is 18.8. The highest BCUT2D eigenvalue weighted by molar-refractivity contribution is 7.14. The third kappa shape index (κ3) is 5.40. The summed E-state index contributed by atoms with van der Waals surface area (Å²) in [6.45, 7) is 1.53. The molecule has 6 rings (SSSR count). The highest BCUT2D eigenvalue weighted by atomic mass is 32.1. The predicted molar refractivity (Wildman–Crippen MR) is 150 cm³/mol. The third-order valence-corrected chi connectivity index (χ3v) is 8.27. The average molecular weight is 560 g/mol. The van der Waals surface area contributed by atoms with Gasteiger partial charge in [-0.3, -0.25) is 14.4 Å². The molecule has 3 aromatic rings. The van der Waals surface area contributed by atoms with Crippen molar-refractivity contribution >= 4 is 51.9 Å². The quantitative estimate of drug-likeness (QED) is 0.416. The minimum Gasteiger partial charge on any atom is -0.355 e. The van der Waals surface area contributed by atoms with Crippen molar-refractivity contribution in [2.75, 3.05) is 35.2 Å². The first-order chi connectivity index (χ1) is 19.4. The van der Waals surface area contributed by atoms with Gasteiger partial charge in [-0.25, -0.2) is 9.37 Å². The molecule has 0 radical (unpaired) electrons. The number of thiophene rings is 1. The number of benzene rings is 1. The fraction of sp³-hybridized carbons (Fsp3) is 0.286. The van der Waals surface area contributed by atoms with E-state index in [9.17, 15) is 18.8 Å². The number of pyridine rings is 1. The molecule has 1 aliphatic carbocycles. The molecular formula is C28H26FN7O3S. The Morgan fingerprint density at radius 2 is 1.98 bits per heavy atom. The number of hydrogen-bond acceptors (Lipinski definition) is 8. The van der Waals surface area contributed by atoms with Crippen LogP contribution in [0.5, 0.6) is 0 Å². The predicted octanol–water partition coefficient (Wildman–Crippen LogP) is 4.16. The Kier molecular flexibility index (Phi) is 7.18. The lowest BCUT2D eigenvalue weighted by molar-refractivity contribution is -0.119. The minimum absolute atomic E-state index is 0.0195. The molecule has 4 heterocycles. The van der Waals surface area contributed by atoms with E-state index in [1.807, 2.05) is 6.07 Å². The number of fused-ring (bicyclic) bond motifs is 1. The van der Waals surface area contributed by atoms with E-state index in [1.165, 1.54) is 40.0 Å². The summed E-state index contributed by atoms with van der Waals surface area (Å²) in [7, 11) is 0. The Hall–Kier alpha value is -4.29. The molecule has 3 aliphatic rings. The Morgan fingerprint density at radius 1 is 1.10 bits per heavy atom. The number of nitrogens with zero attached hydrogens (tertiary/aromatic N) is 4. The van der Waals surface area contributed by atoms with Gasteiger partial charge in [-0.2, -0.15) is 0 Å². The van der Waals surface area contributed by atoms with Crippen molar-refractivity contribution in [1.82, 2.24) is 10.3 Å². The highest BCUT2D eigenvalue weighted by Crippen LogP contribution is 2.31. The number of carbonyl (C=O) groups excluding carboxylic acids is 3. The topological polar surface area (TPSA) is 128 Å². The van der Waals surface area contributed by atoms with Crippen molar-refractivity contribution in [1.29, 1.82) is 0 Å². The minimum atomic E-state index is -0.854. The number of anilines is 3. The number of aromatic nitrogens is 1. The van der Waals surface area contributed by atoms with E-state index in [1.54, 1.807) is 29.3 Å². The van der Waals surface area contributed by atoms with Gasteiger partial charge in [0.1, 0.15) is 17.7 Å². The summed E-state index contributed by atoms with van der Waals surface area (Å²) < 4.78 is 14.7. The summed E-state index contributed by atoms with van der Waals surface area (Å²) in [5.74, 6) is -1.06. The Morgan fingerprint density at radius 3 is 2.77 bits per heavy atom. The van der Waals surface area contributed by atoms with E-state index in [-0.39, 0.29) is 24.0 Å². The van der Waals surface area contributed by atoms with Crippen LogP contribution in [-0.4, -0.2) is 48.4 Å². The maximum Gasteiger partial charge on any atom is 0.290 e. The molecule has 0 spiro atoms. The Balaban J connectivity index is 1.17. The van der Waals surface area contributed by atoms with Crippen LogP contribution in [0, 0.1) is 5.82 Å². The molecule has 10 nitrogen and oxygen atoms in total. The van der Waals surface area contributed by atoms with Gasteiger partial charge < -0.3 is 20.9 Å². The van der Waals surface area contributed by atoms with Gasteiger partial charge in [-0.1, -0.05) is 0 Å². The molecule has 0 saturated carbocycles. The van der Waals surface area contributed by atoms with Crippen LogP contribution in [0.4, 0.5) is 21.6 Å². The van der Waals surface area contributed by atoms with Crippen molar-refractivity contribution in [2.24, 2.45) is 10.2 Å². The van der Waals surface area contributed by atoms with Crippen LogP contribution < -0.4 is 20.9 Å². The van der Waals surface area contributed by atoms with Gasteiger partial charge in [0.2, 0.25) is 5.91 Å². The van der Waals surface area contributed by atoms with E-state index in [2.05, 4.69) is 31.2 Å². The third-order valence-electron chi connectivity index (χ3n) is 7.03. The second-order valence-electron chi connectivity index (χ2n) is 9.75. The summed E-state index contributed by atoms with van der Waals surface area (Å²) in [5.41, 5.74) is 2.73. The van der Waals surface area contributed by atoms with Crippen LogP contribution in [0.3, 0.4) is 0 Å². The molecule has 3 amide bonds. The monoisotopic (exact) mass is 559 g/mol. The maximum absolute atomic E-state index is 14.7. The molecule has 1 aromatic carbocycles. The summed E-state index contributed by atoms with van der Waals surface area (Å²) in [4.78, 5) is 45.3. The van der Waals surface area contributed by atoms with Gasteiger partial charge in [0.15, 0.2) is 0 Å². The van der Waals surface area contributed by atoms with Crippen LogP contribution >= 0.6 is 11.3 Å². The second-order valence-corrected chi connectivity index (χ2v) is 10.9. The van der Waals surface area contributed by atoms with Gasteiger partial charge in [0.25, 0.3) is 11.8 Å². The first-order valence-electron chi connectivity index (χ1n) is 13.1. The first-order valence-corrected chi connectivity index (χ1v) is 13.9. The van der Waals surface area contributed by atoms with Crippen molar-refractivity contribution in [3.05, 3.63) is 75.4 Å². The lowest BCUT2D eigenvalue weighted by atomic mass is 9.99. The summed E-state index contributed by atoms with van der Waals surface area (Å²) >= 11 is 1.46. The van der Waals surface area contributed by atoms with Crippen LogP contribution in [0.2, 0.25) is 0 Å². The molecule has 12 heteroatoms.